The second-order valence-electron chi connectivity index (χ2n) is 6.36. The van der Waals surface area contributed by atoms with Gasteiger partial charge in [0.05, 0.1) is 0 Å². The molecule has 1 saturated heterocycles. The number of aliphatic imine (C=N–C) groups is 1. The Labute approximate surface area is 115 Å². The van der Waals surface area contributed by atoms with Crippen molar-refractivity contribution >= 4 is 11.7 Å². The number of nitrogens with one attached hydrogen (secondary N) is 2. The highest BCUT2D eigenvalue weighted by Gasteiger charge is 2.45. The second kappa shape index (κ2) is 5.23. The molecule has 0 radical (unpaired) electrons. The molecule has 4 nitrogen and oxygen atoms in total. The third-order valence-electron chi connectivity index (χ3n) is 5.24. The van der Waals surface area contributed by atoms with Gasteiger partial charge in [0.1, 0.15) is 11.4 Å². The van der Waals surface area contributed by atoms with Gasteiger partial charge in [-0.05, 0) is 57.5 Å². The van der Waals surface area contributed by atoms with Gasteiger partial charge in [0.25, 0.3) is 5.91 Å². The molecule has 2 N–H and O–H groups in total. The molecule has 0 unspecified atom stereocenters. The number of hydrogen-bond acceptors (Lipinski definition) is 3. The van der Waals surface area contributed by atoms with E-state index in [1.807, 2.05) is 0 Å². The van der Waals surface area contributed by atoms with E-state index in [2.05, 4.69) is 17.6 Å². The van der Waals surface area contributed by atoms with Crippen LogP contribution >= 0.6 is 0 Å². The molecule has 1 amide bonds. The van der Waals surface area contributed by atoms with Crippen LogP contribution in [0.1, 0.15) is 51.9 Å². The molecule has 2 aliphatic heterocycles. The first-order valence-electron chi connectivity index (χ1n) is 7.85. The summed E-state index contributed by atoms with van der Waals surface area (Å²) in [7, 11) is 0. The highest BCUT2D eigenvalue weighted by molar-refractivity contribution is 6.09. The van der Waals surface area contributed by atoms with Crippen LogP contribution in [0.4, 0.5) is 0 Å². The van der Waals surface area contributed by atoms with Crippen molar-refractivity contribution in [3.05, 3.63) is 0 Å². The van der Waals surface area contributed by atoms with Gasteiger partial charge in [-0.3, -0.25) is 9.79 Å². The predicted octanol–water partition coefficient (Wildman–Crippen LogP) is 1.85. The standard InChI is InChI=1S/C15H25N3O/c1-2-11-3-5-12(6-4-11)13-17-14(19)15(18-13)7-9-16-10-8-15/h11-12,16H,2-10H2,1H3,(H,17,18,19). The van der Waals surface area contributed by atoms with Crippen molar-refractivity contribution in [2.75, 3.05) is 13.1 Å². The number of piperidine rings is 1. The van der Waals surface area contributed by atoms with E-state index in [0.717, 1.165) is 37.7 Å². The van der Waals surface area contributed by atoms with Crippen LogP contribution in [0.15, 0.2) is 4.99 Å². The summed E-state index contributed by atoms with van der Waals surface area (Å²) in [4.78, 5) is 17.1. The van der Waals surface area contributed by atoms with Crippen molar-refractivity contribution in [1.82, 2.24) is 10.6 Å². The molecule has 0 bridgehead atoms. The van der Waals surface area contributed by atoms with Gasteiger partial charge in [0, 0.05) is 5.92 Å². The highest BCUT2D eigenvalue weighted by atomic mass is 16.2. The Kier molecular flexibility index (Phi) is 3.61. The molecular weight excluding hydrogens is 238 g/mol. The Hall–Kier alpha value is -0.900. The topological polar surface area (TPSA) is 53.5 Å². The molecule has 2 heterocycles. The van der Waals surface area contributed by atoms with Crippen molar-refractivity contribution < 1.29 is 4.79 Å². The van der Waals surface area contributed by atoms with E-state index in [9.17, 15) is 4.79 Å². The van der Waals surface area contributed by atoms with Crippen molar-refractivity contribution in [1.29, 1.82) is 0 Å². The van der Waals surface area contributed by atoms with Gasteiger partial charge < -0.3 is 10.6 Å². The Balaban J connectivity index is 1.69. The van der Waals surface area contributed by atoms with Crippen molar-refractivity contribution in [2.24, 2.45) is 16.8 Å². The third-order valence-corrected chi connectivity index (χ3v) is 5.24. The summed E-state index contributed by atoms with van der Waals surface area (Å²) in [5.74, 6) is 2.55. The first-order chi connectivity index (χ1) is 9.23. The van der Waals surface area contributed by atoms with Crippen molar-refractivity contribution in [2.45, 2.75) is 57.4 Å². The molecule has 1 spiro atoms. The fourth-order valence-corrected chi connectivity index (χ4v) is 3.76. The molecule has 1 aliphatic carbocycles. The highest BCUT2D eigenvalue weighted by Crippen LogP contribution is 2.35. The molecule has 3 rings (SSSR count). The second-order valence-corrected chi connectivity index (χ2v) is 6.36. The predicted molar refractivity (Wildman–Crippen MR) is 76.2 cm³/mol. The van der Waals surface area contributed by atoms with Crippen LogP contribution in [0.25, 0.3) is 0 Å². The number of nitrogens with zero attached hydrogens (tertiary/aromatic N) is 1. The first kappa shape index (κ1) is 13.1. The zero-order valence-corrected chi connectivity index (χ0v) is 11.9. The monoisotopic (exact) mass is 263 g/mol. The smallest absolute Gasteiger partial charge is 0.253 e. The molecule has 4 heteroatoms. The van der Waals surface area contributed by atoms with E-state index >= 15 is 0 Å². The Morgan fingerprint density at radius 2 is 1.89 bits per heavy atom. The van der Waals surface area contributed by atoms with E-state index in [4.69, 9.17) is 4.99 Å². The van der Waals surface area contributed by atoms with Gasteiger partial charge in [-0.25, -0.2) is 0 Å². The van der Waals surface area contributed by atoms with E-state index in [1.165, 1.54) is 32.1 Å². The minimum Gasteiger partial charge on any atom is -0.317 e. The summed E-state index contributed by atoms with van der Waals surface area (Å²) in [6, 6.07) is 0. The maximum atomic E-state index is 12.3. The summed E-state index contributed by atoms with van der Waals surface area (Å²) in [6.07, 6.45) is 7.99. The fraction of sp³-hybridized carbons (Fsp3) is 0.867. The Bertz CT molecular complexity index is 377. The Morgan fingerprint density at radius 1 is 1.21 bits per heavy atom. The molecule has 2 fully saturated rings. The maximum Gasteiger partial charge on any atom is 0.253 e. The van der Waals surface area contributed by atoms with Gasteiger partial charge in [-0.2, -0.15) is 0 Å². The molecule has 106 valence electrons. The van der Waals surface area contributed by atoms with Gasteiger partial charge in [0.15, 0.2) is 0 Å². The number of carbonyl (C=O) groups excluding carboxylic acids is 1. The zero-order valence-electron chi connectivity index (χ0n) is 11.9. The molecule has 0 aromatic heterocycles. The summed E-state index contributed by atoms with van der Waals surface area (Å²) in [5, 5.41) is 6.42. The van der Waals surface area contributed by atoms with Crippen molar-refractivity contribution in [3.8, 4) is 0 Å². The van der Waals surface area contributed by atoms with Gasteiger partial charge >= 0.3 is 0 Å². The van der Waals surface area contributed by atoms with Crippen LogP contribution in [-0.4, -0.2) is 30.4 Å². The van der Waals surface area contributed by atoms with Crippen molar-refractivity contribution in [3.63, 3.8) is 0 Å². The third kappa shape index (κ3) is 2.42. The van der Waals surface area contributed by atoms with Crippen LogP contribution in [0.3, 0.4) is 0 Å². The lowest BCUT2D eigenvalue weighted by molar-refractivity contribution is -0.124. The van der Waals surface area contributed by atoms with Gasteiger partial charge in [-0.15, -0.1) is 0 Å². The zero-order chi connectivity index (χ0) is 13.3. The van der Waals surface area contributed by atoms with Crippen LogP contribution in [-0.2, 0) is 4.79 Å². The number of rotatable bonds is 2. The molecule has 0 aromatic rings. The summed E-state index contributed by atoms with van der Waals surface area (Å²) >= 11 is 0. The average Bonchev–Trinajstić information content (AvgIpc) is 2.77. The Morgan fingerprint density at radius 3 is 2.53 bits per heavy atom. The summed E-state index contributed by atoms with van der Waals surface area (Å²) in [6.45, 7) is 4.10. The summed E-state index contributed by atoms with van der Waals surface area (Å²) < 4.78 is 0. The van der Waals surface area contributed by atoms with E-state index in [1.54, 1.807) is 0 Å². The normalized spacial score (nSPS) is 34.2. The van der Waals surface area contributed by atoms with Crippen LogP contribution < -0.4 is 10.6 Å². The molecule has 3 aliphatic rings. The quantitative estimate of drug-likeness (QED) is 0.799. The lowest BCUT2D eigenvalue weighted by Crippen LogP contribution is -2.47. The van der Waals surface area contributed by atoms with Crippen LogP contribution in [0.5, 0.6) is 0 Å². The molecule has 0 aromatic carbocycles. The van der Waals surface area contributed by atoms with E-state index < -0.39 is 5.54 Å². The fourth-order valence-electron chi connectivity index (χ4n) is 3.76. The van der Waals surface area contributed by atoms with Crippen LogP contribution in [0, 0.1) is 11.8 Å². The van der Waals surface area contributed by atoms with Crippen LogP contribution in [0.2, 0.25) is 0 Å². The molecular formula is C15H25N3O. The first-order valence-corrected chi connectivity index (χ1v) is 7.85. The molecule has 19 heavy (non-hydrogen) atoms. The number of carbonyl (C=O) groups is 1. The van der Waals surface area contributed by atoms with E-state index in [-0.39, 0.29) is 5.91 Å². The minimum absolute atomic E-state index is 0.154. The van der Waals surface area contributed by atoms with E-state index in [0.29, 0.717) is 5.92 Å². The number of amidine groups is 1. The largest absolute Gasteiger partial charge is 0.317 e. The summed E-state index contributed by atoms with van der Waals surface area (Å²) in [5.41, 5.74) is -0.428. The number of amides is 1. The lowest BCUT2D eigenvalue weighted by Gasteiger charge is -2.28. The van der Waals surface area contributed by atoms with Gasteiger partial charge in [0.2, 0.25) is 0 Å². The molecule has 0 atom stereocenters. The number of hydrogen-bond donors (Lipinski definition) is 2. The average molecular weight is 263 g/mol. The molecule has 1 saturated carbocycles. The SMILES string of the molecule is CCC1CCC(C2=NC3(CCNCC3)C(=O)N2)CC1. The van der Waals surface area contributed by atoms with Gasteiger partial charge in [-0.1, -0.05) is 13.3 Å². The minimum atomic E-state index is -0.428. The maximum absolute atomic E-state index is 12.3. The lowest BCUT2D eigenvalue weighted by atomic mass is 9.80.